The SMILES string of the molecule is COc1ccc(/C(N)=N/O)c(N(C)CC2CCCO2)c1. The topological polar surface area (TPSA) is 80.3 Å². The third-order valence-corrected chi connectivity index (χ3v) is 3.50. The van der Waals surface area contributed by atoms with Crippen molar-refractivity contribution in [3.05, 3.63) is 23.8 Å². The molecule has 6 heteroatoms. The minimum atomic E-state index is 0.0850. The second-order valence-electron chi connectivity index (χ2n) is 4.88. The van der Waals surface area contributed by atoms with Crippen LogP contribution in [-0.4, -0.2) is 44.5 Å². The number of benzene rings is 1. The van der Waals surface area contributed by atoms with Crippen molar-refractivity contribution >= 4 is 11.5 Å². The molecule has 6 nitrogen and oxygen atoms in total. The lowest BCUT2D eigenvalue weighted by Gasteiger charge is -2.25. The summed E-state index contributed by atoms with van der Waals surface area (Å²) in [5, 5.41) is 12.0. The molecule has 1 heterocycles. The van der Waals surface area contributed by atoms with Crippen LogP contribution in [0.3, 0.4) is 0 Å². The van der Waals surface area contributed by atoms with Crippen molar-refractivity contribution < 1.29 is 14.7 Å². The fourth-order valence-corrected chi connectivity index (χ4v) is 2.42. The first-order valence-electron chi connectivity index (χ1n) is 6.64. The number of likely N-dealkylation sites (N-methyl/N-ethyl adjacent to an activating group) is 1. The van der Waals surface area contributed by atoms with Gasteiger partial charge in [-0.3, -0.25) is 0 Å². The normalized spacial score (nSPS) is 19.1. The number of nitrogens with zero attached hydrogens (tertiary/aromatic N) is 2. The van der Waals surface area contributed by atoms with Gasteiger partial charge in [-0.25, -0.2) is 0 Å². The molecular formula is C14H21N3O3. The molecule has 1 aromatic carbocycles. The Kier molecular flexibility index (Phi) is 4.68. The van der Waals surface area contributed by atoms with Gasteiger partial charge in [-0.2, -0.15) is 0 Å². The second-order valence-corrected chi connectivity index (χ2v) is 4.88. The summed E-state index contributed by atoms with van der Waals surface area (Å²) in [5.74, 6) is 0.815. The minimum absolute atomic E-state index is 0.0850. The van der Waals surface area contributed by atoms with Crippen LogP contribution >= 0.6 is 0 Å². The van der Waals surface area contributed by atoms with Crippen molar-refractivity contribution in [3.63, 3.8) is 0 Å². The molecule has 0 radical (unpaired) electrons. The number of hydrogen-bond acceptors (Lipinski definition) is 5. The lowest BCUT2D eigenvalue weighted by atomic mass is 10.1. The molecule has 0 aromatic heterocycles. The maximum absolute atomic E-state index is 8.89. The van der Waals surface area contributed by atoms with Gasteiger partial charge in [0, 0.05) is 31.8 Å². The van der Waals surface area contributed by atoms with Crippen LogP contribution in [0.5, 0.6) is 5.75 Å². The van der Waals surface area contributed by atoms with E-state index in [-0.39, 0.29) is 11.9 Å². The van der Waals surface area contributed by atoms with Crippen molar-refractivity contribution in [2.24, 2.45) is 10.9 Å². The Morgan fingerprint density at radius 2 is 2.40 bits per heavy atom. The highest BCUT2D eigenvalue weighted by atomic mass is 16.5. The van der Waals surface area contributed by atoms with Gasteiger partial charge in [0.05, 0.1) is 18.9 Å². The first-order valence-corrected chi connectivity index (χ1v) is 6.64. The summed E-state index contributed by atoms with van der Waals surface area (Å²) in [6.07, 6.45) is 2.39. The summed E-state index contributed by atoms with van der Waals surface area (Å²) >= 11 is 0. The van der Waals surface area contributed by atoms with Gasteiger partial charge < -0.3 is 25.3 Å². The van der Waals surface area contributed by atoms with Crippen LogP contribution in [0.4, 0.5) is 5.69 Å². The maximum atomic E-state index is 8.89. The summed E-state index contributed by atoms with van der Waals surface area (Å²) in [7, 11) is 3.58. The first-order chi connectivity index (χ1) is 9.65. The number of rotatable bonds is 5. The van der Waals surface area contributed by atoms with Gasteiger partial charge in [0.1, 0.15) is 5.75 Å². The summed E-state index contributed by atoms with van der Waals surface area (Å²) in [6, 6.07) is 5.45. The average molecular weight is 279 g/mol. The standard InChI is InChI=1S/C14H21N3O3/c1-17(9-11-4-3-7-20-11)13-8-10(19-2)5-6-12(13)14(15)16-18/h5-6,8,11,18H,3-4,7,9H2,1-2H3,(H2,15,16). The average Bonchev–Trinajstić information content (AvgIpc) is 2.98. The van der Waals surface area contributed by atoms with Gasteiger partial charge in [0.15, 0.2) is 5.84 Å². The number of ether oxygens (including phenoxy) is 2. The van der Waals surface area contributed by atoms with Crippen LogP contribution in [0.1, 0.15) is 18.4 Å². The third-order valence-electron chi connectivity index (χ3n) is 3.50. The van der Waals surface area contributed by atoms with Crippen molar-refractivity contribution in [1.82, 2.24) is 0 Å². The van der Waals surface area contributed by atoms with E-state index in [1.54, 1.807) is 19.2 Å². The third kappa shape index (κ3) is 3.14. The number of hydrogen-bond donors (Lipinski definition) is 2. The van der Waals surface area contributed by atoms with E-state index in [9.17, 15) is 0 Å². The van der Waals surface area contributed by atoms with E-state index < -0.39 is 0 Å². The smallest absolute Gasteiger partial charge is 0.172 e. The predicted molar refractivity (Wildman–Crippen MR) is 77.7 cm³/mol. The molecule has 0 aliphatic carbocycles. The van der Waals surface area contributed by atoms with Gasteiger partial charge in [0.2, 0.25) is 0 Å². The molecule has 0 bridgehead atoms. The second kappa shape index (κ2) is 6.47. The van der Waals surface area contributed by atoms with E-state index in [0.717, 1.165) is 37.4 Å². The summed E-state index contributed by atoms with van der Waals surface area (Å²) in [5.41, 5.74) is 7.27. The molecule has 3 N–H and O–H groups in total. The summed E-state index contributed by atoms with van der Waals surface area (Å²) in [4.78, 5) is 2.05. The quantitative estimate of drug-likeness (QED) is 0.368. The molecule has 1 aromatic rings. The molecule has 1 atom stereocenters. The first kappa shape index (κ1) is 14.5. The van der Waals surface area contributed by atoms with E-state index in [4.69, 9.17) is 20.4 Å². The van der Waals surface area contributed by atoms with E-state index in [1.165, 1.54) is 0 Å². The Bertz CT molecular complexity index is 485. The highest BCUT2D eigenvalue weighted by Crippen LogP contribution is 2.26. The Labute approximate surface area is 118 Å². The predicted octanol–water partition coefficient (Wildman–Crippen LogP) is 1.40. The van der Waals surface area contributed by atoms with Gasteiger partial charge in [-0.1, -0.05) is 5.16 Å². The molecule has 20 heavy (non-hydrogen) atoms. The minimum Gasteiger partial charge on any atom is -0.497 e. The largest absolute Gasteiger partial charge is 0.497 e. The molecule has 1 unspecified atom stereocenters. The van der Waals surface area contributed by atoms with Gasteiger partial charge in [-0.05, 0) is 25.0 Å². The van der Waals surface area contributed by atoms with Crippen LogP contribution in [-0.2, 0) is 4.74 Å². The summed E-state index contributed by atoms with van der Waals surface area (Å²) < 4.78 is 10.9. The molecule has 110 valence electrons. The highest BCUT2D eigenvalue weighted by molar-refractivity contribution is 6.02. The fourth-order valence-electron chi connectivity index (χ4n) is 2.42. The molecule has 1 saturated heterocycles. The van der Waals surface area contributed by atoms with E-state index in [1.807, 2.05) is 18.0 Å². The van der Waals surface area contributed by atoms with Gasteiger partial charge in [0.25, 0.3) is 0 Å². The molecule has 1 aliphatic heterocycles. The number of anilines is 1. The molecule has 1 fully saturated rings. The fraction of sp³-hybridized carbons (Fsp3) is 0.500. The van der Waals surface area contributed by atoms with Gasteiger partial charge in [-0.15, -0.1) is 0 Å². The van der Waals surface area contributed by atoms with E-state index >= 15 is 0 Å². The van der Waals surface area contributed by atoms with Crippen LogP contribution < -0.4 is 15.4 Å². The number of amidine groups is 1. The monoisotopic (exact) mass is 279 g/mol. The molecular weight excluding hydrogens is 258 g/mol. The number of oxime groups is 1. The van der Waals surface area contributed by atoms with Crippen molar-refractivity contribution in [1.29, 1.82) is 0 Å². The van der Waals surface area contributed by atoms with Crippen molar-refractivity contribution in [2.75, 3.05) is 32.2 Å². The zero-order valence-corrected chi connectivity index (χ0v) is 11.9. The Hall–Kier alpha value is -1.95. The lowest BCUT2D eigenvalue weighted by Crippen LogP contribution is -2.30. The zero-order chi connectivity index (χ0) is 14.5. The highest BCUT2D eigenvalue weighted by Gasteiger charge is 2.20. The van der Waals surface area contributed by atoms with E-state index in [2.05, 4.69) is 5.16 Å². The lowest BCUT2D eigenvalue weighted by molar-refractivity contribution is 0.116. The Morgan fingerprint density at radius 3 is 3.00 bits per heavy atom. The van der Waals surface area contributed by atoms with Crippen LogP contribution in [0.2, 0.25) is 0 Å². The van der Waals surface area contributed by atoms with Crippen molar-refractivity contribution in [3.8, 4) is 5.75 Å². The molecule has 1 aliphatic rings. The summed E-state index contributed by atoms with van der Waals surface area (Å²) in [6.45, 7) is 1.59. The van der Waals surface area contributed by atoms with E-state index in [0.29, 0.717) is 5.56 Å². The molecule has 0 saturated carbocycles. The van der Waals surface area contributed by atoms with Crippen LogP contribution in [0.15, 0.2) is 23.4 Å². The van der Waals surface area contributed by atoms with Crippen LogP contribution in [0, 0.1) is 0 Å². The number of nitrogens with two attached hydrogens (primary N) is 1. The molecule has 0 spiro atoms. The molecule has 2 rings (SSSR count). The Balaban J connectivity index is 2.26. The molecule has 0 amide bonds. The van der Waals surface area contributed by atoms with Crippen LogP contribution in [0.25, 0.3) is 0 Å². The number of methoxy groups -OCH3 is 1. The van der Waals surface area contributed by atoms with Gasteiger partial charge >= 0.3 is 0 Å². The van der Waals surface area contributed by atoms with Crippen molar-refractivity contribution in [2.45, 2.75) is 18.9 Å². The Morgan fingerprint density at radius 1 is 1.60 bits per heavy atom. The maximum Gasteiger partial charge on any atom is 0.172 e. The zero-order valence-electron chi connectivity index (χ0n) is 11.9.